The van der Waals surface area contributed by atoms with Crippen LogP contribution in [0, 0.1) is 5.41 Å². The van der Waals surface area contributed by atoms with Crippen LogP contribution in [-0.4, -0.2) is 51.4 Å². The second-order valence-corrected chi connectivity index (χ2v) is 11.8. The zero-order valence-electron chi connectivity index (χ0n) is 20.1. The number of nitrogens with zero attached hydrogens (tertiary/aromatic N) is 1. The van der Waals surface area contributed by atoms with E-state index >= 15 is 0 Å². The van der Waals surface area contributed by atoms with Crippen LogP contribution >= 0.6 is 22.4 Å². The van der Waals surface area contributed by atoms with Crippen molar-refractivity contribution in [2.24, 2.45) is 11.1 Å². The second-order valence-electron chi connectivity index (χ2n) is 8.92. The highest BCUT2D eigenvalue weighted by atomic mass is 32.3. The highest BCUT2D eigenvalue weighted by molar-refractivity contribution is 8.24. The highest BCUT2D eigenvalue weighted by Gasteiger charge is 2.42. The molecule has 2 aromatic carbocycles. The van der Waals surface area contributed by atoms with Crippen LogP contribution in [0.15, 0.2) is 52.3 Å². The number of carboxylic acids is 1. The zero-order valence-corrected chi connectivity index (χ0v) is 21.7. The average molecular weight is 509 g/mol. The first-order chi connectivity index (χ1) is 16.2. The van der Waals surface area contributed by atoms with E-state index in [1.807, 2.05) is 42.7 Å². The summed E-state index contributed by atoms with van der Waals surface area (Å²) in [5.74, 6) is -0.461. The molecule has 0 aliphatic carbocycles. The van der Waals surface area contributed by atoms with Crippen molar-refractivity contribution < 1.29 is 23.7 Å². The molecule has 0 spiro atoms. The number of aliphatic carboxylic acids is 1. The number of fused-ring (bicyclic) bond motifs is 1. The summed E-state index contributed by atoms with van der Waals surface area (Å²) in [5, 5.41) is 9.12. The maximum Gasteiger partial charge on any atom is 0.324 e. The lowest BCUT2D eigenvalue weighted by molar-refractivity contribution is -0.139. The van der Waals surface area contributed by atoms with Crippen molar-refractivity contribution in [3.63, 3.8) is 0 Å². The number of carboxylic acid groups (broad SMARTS) is 1. The molecular weight excluding hydrogens is 472 g/mol. The number of benzene rings is 2. The minimum atomic E-state index is -3.15. The summed E-state index contributed by atoms with van der Waals surface area (Å²) < 4.78 is 28.8. The van der Waals surface area contributed by atoms with Crippen LogP contribution in [-0.2, 0) is 4.79 Å². The number of carbonyl (C=O) groups is 1. The quantitative estimate of drug-likeness (QED) is 0.287. The van der Waals surface area contributed by atoms with Gasteiger partial charge in [0, 0.05) is 29.5 Å². The lowest BCUT2D eigenvalue weighted by atomic mass is 9.81. The number of thioether (sulfide) groups is 1. The SMILES string of the molecule is CCCC[C@]1(CC)CN(c2ccccc2)c2cc(SC)c(OC[C@@H](N)C(=O)O)cc2S(O)(O)C1. The molecule has 0 amide bonds. The molecule has 1 aliphatic rings. The molecule has 0 radical (unpaired) electrons. The second kappa shape index (κ2) is 11.2. The van der Waals surface area contributed by atoms with E-state index in [1.165, 1.54) is 11.8 Å². The number of ether oxygens (including phenoxy) is 1. The molecule has 0 saturated carbocycles. The Morgan fingerprint density at radius 2 is 1.97 bits per heavy atom. The van der Waals surface area contributed by atoms with Gasteiger partial charge in [-0.15, -0.1) is 11.8 Å². The van der Waals surface area contributed by atoms with Gasteiger partial charge < -0.3 is 20.5 Å². The van der Waals surface area contributed by atoms with Gasteiger partial charge in [-0.2, -0.15) is 10.6 Å². The van der Waals surface area contributed by atoms with Gasteiger partial charge >= 0.3 is 5.97 Å². The predicted molar refractivity (Wildman–Crippen MR) is 141 cm³/mol. The number of anilines is 2. The molecule has 188 valence electrons. The Morgan fingerprint density at radius 1 is 1.26 bits per heavy atom. The van der Waals surface area contributed by atoms with Crippen molar-refractivity contribution in [1.29, 1.82) is 0 Å². The van der Waals surface area contributed by atoms with Crippen LogP contribution < -0.4 is 15.4 Å². The van der Waals surface area contributed by atoms with Crippen molar-refractivity contribution in [3.8, 4) is 5.75 Å². The third-order valence-corrected chi connectivity index (χ3v) is 9.31. The minimum Gasteiger partial charge on any atom is -0.490 e. The molecule has 7 nitrogen and oxygen atoms in total. The van der Waals surface area contributed by atoms with Gasteiger partial charge in [-0.05, 0) is 37.3 Å². The van der Waals surface area contributed by atoms with Gasteiger partial charge in [-0.3, -0.25) is 13.9 Å². The topological polar surface area (TPSA) is 116 Å². The summed E-state index contributed by atoms with van der Waals surface area (Å²) >= 11 is 1.46. The fourth-order valence-corrected chi connectivity index (χ4v) is 7.23. The lowest BCUT2D eigenvalue weighted by Gasteiger charge is -2.41. The number of nitrogens with two attached hydrogens (primary N) is 1. The molecule has 0 saturated heterocycles. The highest BCUT2D eigenvalue weighted by Crippen LogP contribution is 2.62. The van der Waals surface area contributed by atoms with Crippen LogP contribution in [0.2, 0.25) is 0 Å². The van der Waals surface area contributed by atoms with Gasteiger partial charge in [0.15, 0.2) is 0 Å². The summed E-state index contributed by atoms with van der Waals surface area (Å²) in [4.78, 5) is 14.6. The van der Waals surface area contributed by atoms with Crippen molar-refractivity contribution in [2.45, 2.75) is 55.4 Å². The van der Waals surface area contributed by atoms with Crippen LogP contribution in [0.1, 0.15) is 39.5 Å². The van der Waals surface area contributed by atoms with Gasteiger partial charge in [0.2, 0.25) is 0 Å². The lowest BCUT2D eigenvalue weighted by Crippen LogP contribution is -2.37. The van der Waals surface area contributed by atoms with Crippen molar-refractivity contribution in [1.82, 2.24) is 0 Å². The number of unbranched alkanes of at least 4 members (excludes halogenated alkanes) is 1. The van der Waals surface area contributed by atoms with Crippen LogP contribution in [0.4, 0.5) is 11.4 Å². The van der Waals surface area contributed by atoms with Crippen LogP contribution in [0.25, 0.3) is 0 Å². The monoisotopic (exact) mass is 508 g/mol. The Bertz CT molecular complexity index is 989. The van der Waals surface area contributed by atoms with Gasteiger partial charge in [-0.25, -0.2) is 0 Å². The molecule has 2 atom stereocenters. The largest absolute Gasteiger partial charge is 0.490 e. The third kappa shape index (κ3) is 5.83. The van der Waals surface area contributed by atoms with E-state index in [0.29, 0.717) is 17.2 Å². The molecule has 1 aliphatic heterocycles. The van der Waals surface area contributed by atoms with Crippen molar-refractivity contribution in [3.05, 3.63) is 42.5 Å². The van der Waals surface area contributed by atoms with E-state index in [2.05, 4.69) is 18.7 Å². The molecule has 0 bridgehead atoms. The Labute approximate surface area is 208 Å². The normalized spacial score (nSPS) is 21.3. The Balaban J connectivity index is 2.16. The minimum absolute atomic E-state index is 0.210. The van der Waals surface area contributed by atoms with Crippen molar-refractivity contribution >= 4 is 39.7 Å². The van der Waals surface area contributed by atoms with Crippen molar-refractivity contribution in [2.75, 3.05) is 30.1 Å². The maximum atomic E-state index is 11.5. The fourth-order valence-electron chi connectivity index (χ4n) is 4.43. The van der Waals surface area contributed by atoms with Crippen LogP contribution in [0.5, 0.6) is 5.75 Å². The molecular formula is C25H36N2O5S2. The number of rotatable bonds is 10. The van der Waals surface area contributed by atoms with Gasteiger partial charge in [0.25, 0.3) is 0 Å². The summed E-state index contributed by atoms with van der Waals surface area (Å²) in [6, 6.07) is 12.4. The van der Waals surface area contributed by atoms with E-state index < -0.39 is 22.6 Å². The molecule has 9 heteroatoms. The van der Waals surface area contributed by atoms with Gasteiger partial charge in [0.1, 0.15) is 18.4 Å². The van der Waals surface area contributed by atoms with E-state index in [1.54, 1.807) is 6.07 Å². The van der Waals surface area contributed by atoms with Gasteiger partial charge in [0.05, 0.1) is 15.5 Å². The Morgan fingerprint density at radius 3 is 2.56 bits per heavy atom. The first-order valence-corrected chi connectivity index (χ1v) is 14.5. The molecule has 1 heterocycles. The smallest absolute Gasteiger partial charge is 0.324 e. The maximum absolute atomic E-state index is 11.5. The van der Waals surface area contributed by atoms with E-state index in [0.717, 1.165) is 42.0 Å². The zero-order chi connectivity index (χ0) is 24.9. The van der Waals surface area contributed by atoms with E-state index in [-0.39, 0.29) is 17.8 Å². The summed E-state index contributed by atoms with van der Waals surface area (Å²) in [6.07, 6.45) is 5.69. The predicted octanol–water partition coefficient (Wildman–Crippen LogP) is 6.05. The third-order valence-electron chi connectivity index (χ3n) is 6.50. The fraction of sp³-hybridized carbons (Fsp3) is 0.480. The summed E-state index contributed by atoms with van der Waals surface area (Å²) in [7, 11) is -3.15. The number of hydrogen-bond donors (Lipinski definition) is 4. The molecule has 0 fully saturated rings. The van der Waals surface area contributed by atoms with Crippen LogP contribution in [0.3, 0.4) is 0 Å². The van der Waals surface area contributed by atoms with Gasteiger partial charge in [-0.1, -0.05) is 44.9 Å². The molecule has 0 aromatic heterocycles. The Kier molecular flexibility index (Phi) is 8.81. The molecule has 3 rings (SSSR count). The van der Waals surface area contributed by atoms with E-state index in [4.69, 9.17) is 15.6 Å². The number of hydrogen-bond acceptors (Lipinski definition) is 7. The summed E-state index contributed by atoms with van der Waals surface area (Å²) in [5.41, 5.74) is 7.11. The molecule has 0 unspecified atom stereocenters. The first kappa shape index (κ1) is 26.7. The molecule has 5 N–H and O–H groups in total. The van der Waals surface area contributed by atoms with E-state index in [9.17, 15) is 13.9 Å². The molecule has 34 heavy (non-hydrogen) atoms. The number of para-hydroxylation sites is 1. The standard InChI is InChI=1S/C25H36N2O5S2/c1-4-6-12-25(5-2)16-27(18-10-8-7-9-11-18)20-13-22(33-3)21(32-15-19(26)24(28)29)14-23(20)34(30,31)17-25/h7-11,13-14,19,30-31H,4-6,12,15-17,26H2,1-3H3,(H,28,29)/t19-,25-/m1/s1. The first-order valence-electron chi connectivity index (χ1n) is 11.6. The Hall–Kier alpha value is -1.91. The average Bonchev–Trinajstić information content (AvgIpc) is 2.93. The molecule has 2 aromatic rings. The summed E-state index contributed by atoms with van der Waals surface area (Å²) in [6.45, 7) is 4.74.